The molecule has 0 atom stereocenters. The zero-order valence-electron chi connectivity index (χ0n) is 12.9. The number of nitrogens with one attached hydrogen (secondary N) is 1. The van der Waals surface area contributed by atoms with Crippen LogP contribution in [0.5, 0.6) is 0 Å². The Hall–Kier alpha value is -2.18. The number of benzene rings is 1. The summed E-state index contributed by atoms with van der Waals surface area (Å²) >= 11 is 7.37. The molecule has 4 rings (SSSR count). The van der Waals surface area contributed by atoms with Gasteiger partial charge >= 0.3 is 0 Å². The molecule has 0 unspecified atom stereocenters. The van der Waals surface area contributed by atoms with Gasteiger partial charge in [-0.1, -0.05) is 11.6 Å². The summed E-state index contributed by atoms with van der Waals surface area (Å²) in [5, 5.41) is 11.7. The minimum Gasteiger partial charge on any atom is -0.420 e. The van der Waals surface area contributed by atoms with Gasteiger partial charge in [-0.15, -0.1) is 21.5 Å². The summed E-state index contributed by atoms with van der Waals surface area (Å²) in [5.41, 5.74) is 1.31. The fourth-order valence-corrected chi connectivity index (χ4v) is 3.36. The summed E-state index contributed by atoms with van der Waals surface area (Å²) in [7, 11) is 0. The van der Waals surface area contributed by atoms with Gasteiger partial charge in [0, 0.05) is 21.4 Å². The van der Waals surface area contributed by atoms with Crippen LogP contribution in [0.25, 0.3) is 10.8 Å². The highest BCUT2D eigenvalue weighted by Crippen LogP contribution is 2.41. The maximum atomic E-state index is 12.3. The predicted molar refractivity (Wildman–Crippen MR) is 93.7 cm³/mol. The van der Waals surface area contributed by atoms with Gasteiger partial charge in [0.05, 0.1) is 10.6 Å². The average Bonchev–Trinajstić information content (AvgIpc) is 3.19. The average molecular weight is 360 g/mol. The molecule has 3 aromatic rings. The minimum absolute atomic E-state index is 0.177. The van der Waals surface area contributed by atoms with Gasteiger partial charge in [0.1, 0.15) is 0 Å². The molecule has 1 N–H and O–H groups in total. The molecule has 1 saturated carbocycles. The molecule has 0 bridgehead atoms. The standard InChI is InChI=1S/C17H14ClN3O2S/c1-9-13(19-15(22)10-4-6-12(18)7-5-10)8-14(24-9)17-21-20-16(23-17)11-2-3-11/h4-8,11H,2-3H2,1H3,(H,19,22). The van der Waals surface area contributed by atoms with Crippen LogP contribution in [-0.2, 0) is 0 Å². The molecule has 1 aliphatic rings. The Labute approximate surface area is 147 Å². The lowest BCUT2D eigenvalue weighted by Gasteiger charge is -2.04. The first-order valence-electron chi connectivity index (χ1n) is 7.61. The Morgan fingerprint density at radius 3 is 2.75 bits per heavy atom. The van der Waals surface area contributed by atoms with Crippen LogP contribution in [0.2, 0.25) is 5.02 Å². The summed E-state index contributed by atoms with van der Waals surface area (Å²) in [5.74, 6) is 1.47. The first-order chi connectivity index (χ1) is 11.6. The molecule has 122 valence electrons. The van der Waals surface area contributed by atoms with E-state index in [9.17, 15) is 4.79 Å². The number of carbonyl (C=O) groups is 1. The van der Waals surface area contributed by atoms with E-state index in [1.54, 1.807) is 24.3 Å². The summed E-state index contributed by atoms with van der Waals surface area (Å²) in [6.07, 6.45) is 2.24. The number of amides is 1. The van der Waals surface area contributed by atoms with Crippen LogP contribution in [0.15, 0.2) is 34.7 Å². The van der Waals surface area contributed by atoms with E-state index in [1.807, 2.05) is 13.0 Å². The van der Waals surface area contributed by atoms with E-state index in [-0.39, 0.29) is 5.91 Å². The number of carbonyl (C=O) groups excluding carboxylic acids is 1. The van der Waals surface area contributed by atoms with E-state index in [1.165, 1.54) is 11.3 Å². The van der Waals surface area contributed by atoms with Gasteiger partial charge in [0.15, 0.2) is 0 Å². The minimum atomic E-state index is -0.177. The number of aromatic nitrogens is 2. The van der Waals surface area contributed by atoms with Crippen LogP contribution in [0.1, 0.15) is 39.9 Å². The third-order valence-electron chi connectivity index (χ3n) is 3.85. The zero-order chi connectivity index (χ0) is 16.7. The van der Waals surface area contributed by atoms with Gasteiger partial charge in [-0.05, 0) is 50.1 Å². The second-order valence-corrected chi connectivity index (χ2v) is 7.45. The van der Waals surface area contributed by atoms with Gasteiger partial charge in [0.2, 0.25) is 5.89 Å². The number of rotatable bonds is 4. The van der Waals surface area contributed by atoms with E-state index in [2.05, 4.69) is 15.5 Å². The second kappa shape index (κ2) is 6.03. The molecule has 7 heteroatoms. The molecular formula is C17H14ClN3O2S. The molecular weight excluding hydrogens is 346 g/mol. The topological polar surface area (TPSA) is 68.0 Å². The lowest BCUT2D eigenvalue weighted by atomic mass is 10.2. The molecule has 5 nitrogen and oxygen atoms in total. The largest absolute Gasteiger partial charge is 0.420 e. The highest BCUT2D eigenvalue weighted by atomic mass is 35.5. The van der Waals surface area contributed by atoms with E-state index < -0.39 is 0 Å². The van der Waals surface area contributed by atoms with Crippen LogP contribution in [0.4, 0.5) is 5.69 Å². The number of hydrogen-bond donors (Lipinski definition) is 1. The highest BCUT2D eigenvalue weighted by Gasteiger charge is 2.29. The number of thiophene rings is 1. The Kier molecular flexibility index (Phi) is 3.86. The molecule has 1 aliphatic carbocycles. The number of halogens is 1. The summed E-state index contributed by atoms with van der Waals surface area (Å²) in [4.78, 5) is 14.2. The van der Waals surface area contributed by atoms with Gasteiger partial charge in [-0.3, -0.25) is 4.79 Å². The maximum Gasteiger partial charge on any atom is 0.257 e. The normalized spacial score (nSPS) is 13.9. The summed E-state index contributed by atoms with van der Waals surface area (Å²) in [6, 6.07) is 8.65. The monoisotopic (exact) mass is 359 g/mol. The number of nitrogens with zero attached hydrogens (tertiary/aromatic N) is 2. The van der Waals surface area contributed by atoms with Crippen molar-refractivity contribution in [3.8, 4) is 10.8 Å². The first kappa shape index (κ1) is 15.4. The van der Waals surface area contributed by atoms with E-state index >= 15 is 0 Å². The zero-order valence-corrected chi connectivity index (χ0v) is 14.4. The summed E-state index contributed by atoms with van der Waals surface area (Å²) in [6.45, 7) is 1.95. The van der Waals surface area contributed by atoms with Gasteiger partial charge < -0.3 is 9.73 Å². The number of anilines is 1. The molecule has 1 fully saturated rings. The van der Waals surface area contributed by atoms with Crippen LogP contribution < -0.4 is 5.32 Å². The summed E-state index contributed by atoms with van der Waals surface area (Å²) < 4.78 is 5.73. The Balaban J connectivity index is 1.54. The molecule has 2 aromatic heterocycles. The van der Waals surface area contributed by atoms with Gasteiger partial charge in [-0.2, -0.15) is 0 Å². The van der Waals surface area contributed by atoms with E-state index in [0.717, 1.165) is 28.3 Å². The molecule has 1 aromatic carbocycles. The molecule has 0 aliphatic heterocycles. The van der Waals surface area contributed by atoms with Gasteiger partial charge in [-0.25, -0.2) is 0 Å². The molecule has 24 heavy (non-hydrogen) atoms. The number of aryl methyl sites for hydroxylation is 1. The third-order valence-corrected chi connectivity index (χ3v) is 5.14. The lowest BCUT2D eigenvalue weighted by molar-refractivity contribution is 0.102. The highest BCUT2D eigenvalue weighted by molar-refractivity contribution is 7.15. The van der Waals surface area contributed by atoms with Crippen LogP contribution in [0, 0.1) is 6.92 Å². The fraction of sp³-hybridized carbons (Fsp3) is 0.235. The Morgan fingerprint density at radius 1 is 1.29 bits per heavy atom. The van der Waals surface area contributed by atoms with Crippen molar-refractivity contribution in [1.82, 2.24) is 10.2 Å². The molecule has 2 heterocycles. The molecule has 0 saturated heterocycles. The van der Waals surface area contributed by atoms with Gasteiger partial charge in [0.25, 0.3) is 11.8 Å². The van der Waals surface area contributed by atoms with Crippen LogP contribution in [0.3, 0.4) is 0 Å². The predicted octanol–water partition coefficient (Wildman–Crippen LogP) is 4.89. The van der Waals surface area contributed by atoms with Crippen molar-refractivity contribution < 1.29 is 9.21 Å². The Morgan fingerprint density at radius 2 is 2.04 bits per heavy atom. The van der Waals surface area contributed by atoms with E-state index in [4.69, 9.17) is 16.0 Å². The van der Waals surface area contributed by atoms with Crippen molar-refractivity contribution in [3.63, 3.8) is 0 Å². The van der Waals surface area contributed by atoms with Crippen molar-refractivity contribution in [2.75, 3.05) is 5.32 Å². The SMILES string of the molecule is Cc1sc(-c2nnc(C3CC3)o2)cc1NC(=O)c1ccc(Cl)cc1. The third kappa shape index (κ3) is 3.07. The Bertz CT molecular complexity index is 897. The van der Waals surface area contributed by atoms with Crippen molar-refractivity contribution in [2.24, 2.45) is 0 Å². The van der Waals surface area contributed by atoms with E-state index in [0.29, 0.717) is 28.3 Å². The van der Waals surface area contributed by atoms with Crippen molar-refractivity contribution in [3.05, 3.63) is 51.7 Å². The quantitative estimate of drug-likeness (QED) is 0.720. The molecule has 1 amide bonds. The smallest absolute Gasteiger partial charge is 0.257 e. The van der Waals surface area contributed by atoms with Crippen molar-refractivity contribution in [1.29, 1.82) is 0 Å². The number of hydrogen-bond acceptors (Lipinski definition) is 5. The molecule has 0 spiro atoms. The molecule has 0 radical (unpaired) electrons. The van der Waals surface area contributed by atoms with Crippen LogP contribution in [-0.4, -0.2) is 16.1 Å². The van der Waals surface area contributed by atoms with Crippen molar-refractivity contribution in [2.45, 2.75) is 25.7 Å². The first-order valence-corrected chi connectivity index (χ1v) is 8.81. The fourth-order valence-electron chi connectivity index (χ4n) is 2.34. The maximum absolute atomic E-state index is 12.3. The second-order valence-electron chi connectivity index (χ2n) is 5.76. The lowest BCUT2D eigenvalue weighted by Crippen LogP contribution is -2.11. The van der Waals surface area contributed by atoms with Crippen LogP contribution >= 0.6 is 22.9 Å². The van der Waals surface area contributed by atoms with Crippen molar-refractivity contribution >= 4 is 34.5 Å².